The minimum atomic E-state index is -0.298. The Kier molecular flexibility index (Phi) is 5.07. The van der Waals surface area contributed by atoms with Crippen LogP contribution in [0.2, 0.25) is 0 Å². The summed E-state index contributed by atoms with van der Waals surface area (Å²) in [6.45, 7) is 1.82. The normalized spacial score (nSPS) is 22.0. The second kappa shape index (κ2) is 7.64. The standard InChI is InChI=1S/C19H21FN4O2S/c20-15-4-1-13(2-5-15)7-21-19(26)23-8-14-3-6-17(10-23)24(18(14)25)9-16-11-27-12-22-16/h1-2,4-5,11-12,14,17H,3,6-10H2,(H,21,26)/t14-,17+/m0/s1. The average molecular weight is 388 g/mol. The molecule has 3 amide bonds. The molecule has 0 unspecified atom stereocenters. The van der Waals surface area contributed by atoms with Gasteiger partial charge in [0, 0.05) is 31.1 Å². The summed E-state index contributed by atoms with van der Waals surface area (Å²) in [7, 11) is 0. The largest absolute Gasteiger partial charge is 0.334 e. The first-order valence-electron chi connectivity index (χ1n) is 9.05. The van der Waals surface area contributed by atoms with Crippen LogP contribution in [0.5, 0.6) is 0 Å². The highest BCUT2D eigenvalue weighted by atomic mass is 32.1. The Bertz CT molecular complexity index is 812. The van der Waals surface area contributed by atoms with E-state index in [-0.39, 0.29) is 29.7 Å². The highest BCUT2D eigenvalue weighted by Gasteiger charge is 2.41. The van der Waals surface area contributed by atoms with Crippen molar-refractivity contribution in [2.24, 2.45) is 5.92 Å². The van der Waals surface area contributed by atoms with Gasteiger partial charge in [-0.3, -0.25) is 4.79 Å². The fraction of sp³-hybridized carbons (Fsp3) is 0.421. The molecule has 1 aromatic heterocycles. The molecule has 0 spiro atoms. The van der Waals surface area contributed by atoms with Crippen LogP contribution in [-0.4, -0.2) is 45.9 Å². The van der Waals surface area contributed by atoms with E-state index in [1.54, 1.807) is 22.5 Å². The van der Waals surface area contributed by atoms with E-state index in [1.165, 1.54) is 23.5 Å². The topological polar surface area (TPSA) is 65.5 Å². The van der Waals surface area contributed by atoms with Crippen molar-refractivity contribution in [1.82, 2.24) is 20.1 Å². The first-order chi connectivity index (χ1) is 13.1. The molecule has 1 aromatic carbocycles. The fourth-order valence-electron chi connectivity index (χ4n) is 3.80. The van der Waals surface area contributed by atoms with Gasteiger partial charge in [0.2, 0.25) is 5.91 Å². The van der Waals surface area contributed by atoms with Gasteiger partial charge in [0.1, 0.15) is 5.82 Å². The van der Waals surface area contributed by atoms with Crippen LogP contribution in [0.15, 0.2) is 35.2 Å². The molecule has 4 heterocycles. The van der Waals surface area contributed by atoms with Gasteiger partial charge in [0.05, 0.1) is 23.7 Å². The minimum Gasteiger partial charge on any atom is -0.334 e. The van der Waals surface area contributed by atoms with E-state index < -0.39 is 0 Å². The fourth-order valence-corrected chi connectivity index (χ4v) is 4.35. The average Bonchev–Trinajstić information content (AvgIpc) is 3.03. The Balaban J connectivity index is 1.40. The highest BCUT2D eigenvalue weighted by Crippen LogP contribution is 2.30. The SMILES string of the molecule is O=C(NCc1ccc(F)cc1)N1C[C@@H]2CC[C@H](C1)N(Cc1cscn1)C2=O. The van der Waals surface area contributed by atoms with E-state index >= 15 is 0 Å². The van der Waals surface area contributed by atoms with Crippen molar-refractivity contribution in [2.45, 2.75) is 32.0 Å². The molecule has 2 bridgehead atoms. The van der Waals surface area contributed by atoms with Gasteiger partial charge in [0.15, 0.2) is 0 Å². The summed E-state index contributed by atoms with van der Waals surface area (Å²) >= 11 is 1.52. The lowest BCUT2D eigenvalue weighted by Crippen LogP contribution is -2.48. The number of amides is 3. The number of aromatic nitrogens is 1. The van der Waals surface area contributed by atoms with Crippen LogP contribution in [0.3, 0.4) is 0 Å². The molecule has 0 saturated carbocycles. The molecule has 3 aliphatic rings. The number of carbonyl (C=O) groups is 2. The lowest BCUT2D eigenvalue weighted by molar-refractivity contribution is -0.140. The van der Waals surface area contributed by atoms with Crippen LogP contribution < -0.4 is 5.32 Å². The summed E-state index contributed by atoms with van der Waals surface area (Å²) in [4.78, 5) is 33.4. The van der Waals surface area contributed by atoms with E-state index in [0.717, 1.165) is 24.1 Å². The van der Waals surface area contributed by atoms with E-state index in [1.807, 2.05) is 10.3 Å². The Hall–Kier alpha value is -2.48. The molecule has 142 valence electrons. The predicted octanol–water partition coefficient (Wildman–Crippen LogP) is 2.61. The van der Waals surface area contributed by atoms with Crippen LogP contribution in [0, 0.1) is 11.7 Å². The molecule has 3 fully saturated rings. The number of piperidine rings is 1. The molecule has 2 atom stereocenters. The Morgan fingerprint density at radius 1 is 1.26 bits per heavy atom. The smallest absolute Gasteiger partial charge is 0.317 e. The van der Waals surface area contributed by atoms with E-state index in [2.05, 4.69) is 10.3 Å². The quantitative estimate of drug-likeness (QED) is 0.876. The van der Waals surface area contributed by atoms with Gasteiger partial charge in [-0.05, 0) is 30.5 Å². The zero-order valence-corrected chi connectivity index (χ0v) is 15.6. The van der Waals surface area contributed by atoms with Crippen molar-refractivity contribution in [3.05, 3.63) is 52.2 Å². The van der Waals surface area contributed by atoms with Gasteiger partial charge in [0.25, 0.3) is 0 Å². The Labute approximate surface area is 161 Å². The number of rotatable bonds is 4. The summed E-state index contributed by atoms with van der Waals surface area (Å²) in [6.07, 6.45) is 1.72. The van der Waals surface area contributed by atoms with Crippen molar-refractivity contribution >= 4 is 23.3 Å². The Morgan fingerprint density at radius 3 is 2.81 bits per heavy atom. The predicted molar refractivity (Wildman–Crippen MR) is 99.4 cm³/mol. The van der Waals surface area contributed by atoms with Crippen LogP contribution in [-0.2, 0) is 17.9 Å². The number of urea groups is 1. The molecule has 3 saturated heterocycles. The number of hydrogen-bond donors (Lipinski definition) is 1. The molecule has 0 aliphatic carbocycles. The minimum absolute atomic E-state index is 0.0227. The summed E-state index contributed by atoms with van der Waals surface area (Å²) in [5.74, 6) is -0.333. The summed E-state index contributed by atoms with van der Waals surface area (Å²) in [5, 5.41) is 4.84. The third-order valence-corrected chi connectivity index (χ3v) is 5.89. The third-order valence-electron chi connectivity index (χ3n) is 5.25. The van der Waals surface area contributed by atoms with Crippen LogP contribution >= 0.6 is 11.3 Å². The number of halogens is 1. The molecular weight excluding hydrogens is 367 g/mol. The van der Waals surface area contributed by atoms with Gasteiger partial charge < -0.3 is 15.1 Å². The number of fused-ring (bicyclic) bond motifs is 4. The molecular formula is C19H21FN4O2S. The van der Waals surface area contributed by atoms with E-state index in [4.69, 9.17) is 0 Å². The second-order valence-corrected chi connectivity index (χ2v) is 7.78. The lowest BCUT2D eigenvalue weighted by Gasteiger charge is -2.35. The van der Waals surface area contributed by atoms with Gasteiger partial charge in [-0.2, -0.15) is 0 Å². The molecule has 0 radical (unpaired) electrons. The molecule has 2 aromatic rings. The van der Waals surface area contributed by atoms with E-state index in [9.17, 15) is 14.0 Å². The number of benzene rings is 1. The number of thiazole rings is 1. The maximum Gasteiger partial charge on any atom is 0.317 e. The van der Waals surface area contributed by atoms with Crippen molar-refractivity contribution in [2.75, 3.05) is 13.1 Å². The molecule has 6 nitrogen and oxygen atoms in total. The number of nitrogens with zero attached hydrogens (tertiary/aromatic N) is 3. The number of carbonyl (C=O) groups excluding carboxylic acids is 2. The third kappa shape index (κ3) is 3.95. The van der Waals surface area contributed by atoms with Crippen molar-refractivity contribution in [3.63, 3.8) is 0 Å². The Morgan fingerprint density at radius 2 is 2.07 bits per heavy atom. The maximum absolute atomic E-state index is 13.0. The number of hydrogen-bond acceptors (Lipinski definition) is 4. The first-order valence-corrected chi connectivity index (χ1v) is 9.99. The van der Waals surface area contributed by atoms with Gasteiger partial charge in [-0.25, -0.2) is 14.2 Å². The highest BCUT2D eigenvalue weighted by molar-refractivity contribution is 7.07. The zero-order chi connectivity index (χ0) is 18.8. The molecule has 5 rings (SSSR count). The summed E-state index contributed by atoms with van der Waals surface area (Å²) in [6, 6.07) is 5.90. The molecule has 27 heavy (non-hydrogen) atoms. The number of nitrogens with one attached hydrogen (secondary N) is 1. The monoisotopic (exact) mass is 388 g/mol. The van der Waals surface area contributed by atoms with Gasteiger partial charge >= 0.3 is 6.03 Å². The summed E-state index contributed by atoms with van der Waals surface area (Å²) in [5.41, 5.74) is 3.50. The first kappa shape index (κ1) is 17.9. The maximum atomic E-state index is 13.0. The lowest BCUT2D eigenvalue weighted by atomic mass is 9.94. The molecule has 8 heteroatoms. The molecule has 3 aliphatic heterocycles. The second-order valence-electron chi connectivity index (χ2n) is 7.06. The van der Waals surface area contributed by atoms with Crippen molar-refractivity contribution in [3.8, 4) is 0 Å². The van der Waals surface area contributed by atoms with Gasteiger partial charge in [-0.1, -0.05) is 12.1 Å². The van der Waals surface area contributed by atoms with E-state index in [0.29, 0.717) is 26.2 Å². The van der Waals surface area contributed by atoms with Crippen molar-refractivity contribution < 1.29 is 14.0 Å². The zero-order valence-electron chi connectivity index (χ0n) is 14.8. The van der Waals surface area contributed by atoms with Crippen molar-refractivity contribution in [1.29, 1.82) is 0 Å². The molecule has 1 N–H and O–H groups in total. The van der Waals surface area contributed by atoms with Gasteiger partial charge in [-0.15, -0.1) is 11.3 Å². The van der Waals surface area contributed by atoms with Crippen LogP contribution in [0.1, 0.15) is 24.1 Å². The van der Waals surface area contributed by atoms with Crippen LogP contribution in [0.4, 0.5) is 9.18 Å². The van der Waals surface area contributed by atoms with Crippen LogP contribution in [0.25, 0.3) is 0 Å². The summed E-state index contributed by atoms with van der Waals surface area (Å²) < 4.78 is 13.0.